The topological polar surface area (TPSA) is 52.3 Å². The van der Waals surface area contributed by atoms with Crippen LogP contribution in [0.1, 0.15) is 31.5 Å². The van der Waals surface area contributed by atoms with Crippen molar-refractivity contribution in [1.29, 1.82) is 0 Å². The Bertz CT molecular complexity index is 730. The summed E-state index contributed by atoms with van der Waals surface area (Å²) in [5.41, 5.74) is 1.20. The van der Waals surface area contributed by atoms with Crippen molar-refractivity contribution < 1.29 is 9.13 Å². The van der Waals surface area contributed by atoms with Gasteiger partial charge in [-0.15, -0.1) is 10.2 Å². The average Bonchev–Trinajstić information content (AvgIpc) is 2.94. The quantitative estimate of drug-likeness (QED) is 0.872. The molecule has 0 N–H and O–H groups in total. The van der Waals surface area contributed by atoms with Gasteiger partial charge in [0.25, 0.3) is 0 Å². The molecule has 1 aliphatic heterocycles. The van der Waals surface area contributed by atoms with Gasteiger partial charge in [0.15, 0.2) is 17.4 Å². The van der Waals surface area contributed by atoms with Gasteiger partial charge in [0.2, 0.25) is 5.16 Å². The fraction of sp³-hybridized carbons (Fsp3) is 0.400. The first-order chi connectivity index (χ1) is 10.8. The fourth-order valence-electron chi connectivity index (χ4n) is 2.72. The normalized spacial score (nSPS) is 20.0. The monoisotopic (exact) mass is 318 g/mol. The van der Waals surface area contributed by atoms with Crippen LogP contribution < -0.4 is 4.74 Å². The predicted molar refractivity (Wildman–Crippen MR) is 81.7 cm³/mol. The zero-order valence-corrected chi connectivity index (χ0v) is 12.7. The van der Waals surface area contributed by atoms with Crippen LogP contribution in [0, 0.1) is 5.82 Å². The van der Waals surface area contributed by atoms with Crippen LogP contribution in [0.4, 0.5) is 4.39 Å². The van der Waals surface area contributed by atoms with Gasteiger partial charge in [-0.25, -0.2) is 4.39 Å². The summed E-state index contributed by atoms with van der Waals surface area (Å²) in [5, 5.41) is 14.2. The molecule has 1 aromatic heterocycles. The average molecular weight is 318 g/mol. The SMILES string of the molecule is Fc1ccccc1OCc1nnc2n1N=C1CCCC[C@H]1S2. The largest absolute Gasteiger partial charge is 0.482 e. The van der Waals surface area contributed by atoms with Crippen LogP contribution >= 0.6 is 11.8 Å². The van der Waals surface area contributed by atoms with Crippen LogP contribution in [-0.4, -0.2) is 25.8 Å². The number of benzene rings is 1. The van der Waals surface area contributed by atoms with E-state index in [0.29, 0.717) is 11.1 Å². The Kier molecular flexibility index (Phi) is 3.57. The summed E-state index contributed by atoms with van der Waals surface area (Å²) in [6, 6.07) is 6.34. The highest BCUT2D eigenvalue weighted by Gasteiger charge is 2.29. The number of hydrogen-bond acceptors (Lipinski definition) is 5. The molecule has 0 spiro atoms. The summed E-state index contributed by atoms with van der Waals surface area (Å²) in [6.07, 6.45) is 4.61. The molecular formula is C15H15FN4OS. The van der Waals surface area contributed by atoms with Crippen molar-refractivity contribution in [2.45, 2.75) is 42.7 Å². The molecule has 22 heavy (non-hydrogen) atoms. The number of halogens is 1. The molecule has 0 amide bonds. The molecule has 2 aliphatic rings. The molecule has 114 valence electrons. The smallest absolute Gasteiger partial charge is 0.212 e. The van der Waals surface area contributed by atoms with Gasteiger partial charge in [-0.3, -0.25) is 0 Å². The van der Waals surface area contributed by atoms with Crippen LogP contribution in [-0.2, 0) is 6.61 Å². The summed E-state index contributed by atoms with van der Waals surface area (Å²) in [6.45, 7) is 0.149. The molecule has 1 atom stereocenters. The molecule has 1 aliphatic carbocycles. The molecule has 1 aromatic carbocycles. The minimum Gasteiger partial charge on any atom is -0.482 e. The number of aromatic nitrogens is 3. The molecule has 2 heterocycles. The highest BCUT2D eigenvalue weighted by Crippen LogP contribution is 2.35. The first kappa shape index (κ1) is 13.8. The minimum atomic E-state index is -0.381. The lowest BCUT2D eigenvalue weighted by Crippen LogP contribution is -2.27. The van der Waals surface area contributed by atoms with Crippen molar-refractivity contribution in [2.24, 2.45) is 5.10 Å². The van der Waals surface area contributed by atoms with Crippen molar-refractivity contribution in [1.82, 2.24) is 14.9 Å². The Labute approximate surface area is 131 Å². The van der Waals surface area contributed by atoms with Crippen LogP contribution in [0.15, 0.2) is 34.5 Å². The molecule has 4 rings (SSSR count). The molecule has 0 bridgehead atoms. The summed E-state index contributed by atoms with van der Waals surface area (Å²) in [4.78, 5) is 0. The van der Waals surface area contributed by atoms with E-state index in [1.54, 1.807) is 34.6 Å². The molecule has 1 saturated carbocycles. The van der Waals surface area contributed by atoms with Gasteiger partial charge in [-0.2, -0.15) is 9.78 Å². The molecule has 2 aromatic rings. The highest BCUT2D eigenvalue weighted by molar-refractivity contribution is 8.00. The molecule has 7 heteroatoms. The Morgan fingerprint density at radius 2 is 2.18 bits per heavy atom. The minimum absolute atomic E-state index is 0.149. The van der Waals surface area contributed by atoms with E-state index in [-0.39, 0.29) is 18.2 Å². The van der Waals surface area contributed by atoms with Gasteiger partial charge < -0.3 is 4.74 Å². The highest BCUT2D eigenvalue weighted by atomic mass is 32.2. The molecule has 0 unspecified atom stereocenters. The van der Waals surface area contributed by atoms with E-state index in [2.05, 4.69) is 15.3 Å². The molecule has 5 nitrogen and oxygen atoms in total. The number of thioether (sulfide) groups is 1. The van der Waals surface area contributed by atoms with E-state index in [4.69, 9.17) is 4.74 Å². The van der Waals surface area contributed by atoms with Crippen LogP contribution in [0.2, 0.25) is 0 Å². The second kappa shape index (κ2) is 5.72. The van der Waals surface area contributed by atoms with E-state index < -0.39 is 0 Å². The number of ether oxygens (including phenoxy) is 1. The van der Waals surface area contributed by atoms with Crippen molar-refractivity contribution in [2.75, 3.05) is 0 Å². The van der Waals surface area contributed by atoms with Crippen LogP contribution in [0.3, 0.4) is 0 Å². The Hall–Kier alpha value is -1.89. The molecule has 0 radical (unpaired) electrons. The van der Waals surface area contributed by atoms with Crippen molar-refractivity contribution >= 4 is 17.5 Å². The zero-order valence-electron chi connectivity index (χ0n) is 11.9. The Morgan fingerprint density at radius 3 is 3.09 bits per heavy atom. The lowest BCUT2D eigenvalue weighted by atomic mass is 9.98. The van der Waals surface area contributed by atoms with Gasteiger partial charge in [-0.1, -0.05) is 30.3 Å². The zero-order chi connectivity index (χ0) is 14.9. The summed E-state index contributed by atoms with van der Waals surface area (Å²) < 4.78 is 20.8. The van der Waals surface area contributed by atoms with E-state index in [1.807, 2.05) is 0 Å². The van der Waals surface area contributed by atoms with E-state index in [9.17, 15) is 4.39 Å². The molecule has 0 saturated heterocycles. The fourth-order valence-corrected chi connectivity index (χ4v) is 3.90. The van der Waals surface area contributed by atoms with E-state index in [0.717, 1.165) is 18.0 Å². The van der Waals surface area contributed by atoms with Crippen molar-refractivity contribution in [3.8, 4) is 5.75 Å². The first-order valence-electron chi connectivity index (χ1n) is 7.37. The summed E-state index contributed by atoms with van der Waals surface area (Å²) in [5.74, 6) is 0.433. The number of rotatable bonds is 3. The maximum atomic E-state index is 13.6. The lowest BCUT2D eigenvalue weighted by Gasteiger charge is -2.26. The second-order valence-corrected chi connectivity index (χ2v) is 6.54. The number of nitrogens with zero attached hydrogens (tertiary/aromatic N) is 4. The third-order valence-electron chi connectivity index (χ3n) is 3.87. The number of para-hydroxylation sites is 1. The van der Waals surface area contributed by atoms with Crippen LogP contribution in [0.25, 0.3) is 0 Å². The first-order valence-corrected chi connectivity index (χ1v) is 8.25. The van der Waals surface area contributed by atoms with Crippen molar-refractivity contribution in [3.05, 3.63) is 35.9 Å². The van der Waals surface area contributed by atoms with Crippen molar-refractivity contribution in [3.63, 3.8) is 0 Å². The van der Waals surface area contributed by atoms with Gasteiger partial charge >= 0.3 is 0 Å². The van der Waals surface area contributed by atoms with Gasteiger partial charge in [0.05, 0.1) is 11.0 Å². The van der Waals surface area contributed by atoms with Gasteiger partial charge in [0.1, 0.15) is 6.61 Å². The summed E-state index contributed by atoms with van der Waals surface area (Å²) >= 11 is 1.72. The number of fused-ring (bicyclic) bond motifs is 2. The van der Waals surface area contributed by atoms with E-state index in [1.165, 1.54) is 24.6 Å². The van der Waals surface area contributed by atoms with Crippen LogP contribution in [0.5, 0.6) is 5.75 Å². The van der Waals surface area contributed by atoms with Gasteiger partial charge in [0, 0.05) is 0 Å². The maximum absolute atomic E-state index is 13.6. The Morgan fingerprint density at radius 1 is 1.27 bits per heavy atom. The third-order valence-corrected chi connectivity index (χ3v) is 5.12. The molecule has 1 fully saturated rings. The van der Waals surface area contributed by atoms with Gasteiger partial charge in [-0.05, 0) is 31.4 Å². The molecular weight excluding hydrogens is 303 g/mol. The second-order valence-electron chi connectivity index (χ2n) is 5.37. The predicted octanol–water partition coefficient (Wildman–Crippen LogP) is 3.25. The maximum Gasteiger partial charge on any atom is 0.212 e. The Balaban J connectivity index is 1.55. The lowest BCUT2D eigenvalue weighted by molar-refractivity contribution is 0.275. The summed E-state index contributed by atoms with van der Waals surface area (Å²) in [7, 11) is 0. The van der Waals surface area contributed by atoms with E-state index >= 15 is 0 Å². The standard InChI is InChI=1S/C15H15FN4OS/c16-10-5-1-3-7-12(10)21-9-14-17-18-15-20(14)19-11-6-2-4-8-13(11)22-15/h1,3,5,7,13H,2,4,6,8-9H2/t13-/m1/s1. The number of hydrogen-bond donors (Lipinski definition) is 0. The third kappa shape index (κ3) is 2.49.